The SMILES string of the molecule is COc1cc2c3cc1OCCCOc1cc4c(cc1OC)Cc1cc5c(OC)cc1Cc1cc(c(OC)cc1C4)OCCOc1cc(c(cc1OC)Cc1cc(c(OC)cc1C3)OCCO5)C2. The Morgan fingerprint density at radius 1 is 0.239 bits per heavy atom. The van der Waals surface area contributed by atoms with Gasteiger partial charge in [-0.2, -0.15) is 0 Å². The van der Waals surface area contributed by atoms with Gasteiger partial charge in [0.05, 0.1) is 55.9 Å². The van der Waals surface area contributed by atoms with Gasteiger partial charge < -0.3 is 56.8 Å². The highest BCUT2D eigenvalue weighted by Gasteiger charge is 2.26. The molecule has 6 aromatic carbocycles. The number of benzene rings is 6. The molecule has 348 valence electrons. The first kappa shape index (κ1) is 43.8. The lowest BCUT2D eigenvalue weighted by Crippen LogP contribution is -2.12. The highest BCUT2D eigenvalue weighted by Crippen LogP contribution is 2.44. The topological polar surface area (TPSA) is 111 Å². The molecule has 12 aliphatic heterocycles. The first-order chi connectivity index (χ1) is 32.8. The van der Waals surface area contributed by atoms with E-state index in [1.807, 2.05) is 0 Å². The zero-order valence-electron chi connectivity index (χ0n) is 39.0. The normalized spacial score (nSPS) is 15.0. The van der Waals surface area contributed by atoms with E-state index in [2.05, 4.69) is 72.8 Å². The van der Waals surface area contributed by atoms with Crippen LogP contribution in [0, 0.1) is 0 Å². The van der Waals surface area contributed by atoms with Crippen LogP contribution in [0.25, 0.3) is 0 Å². The van der Waals surface area contributed by atoms with Gasteiger partial charge in [-0.3, -0.25) is 0 Å². The Balaban J connectivity index is 1.18. The zero-order chi connectivity index (χ0) is 46.0. The maximum Gasteiger partial charge on any atom is 0.161 e. The summed E-state index contributed by atoms with van der Waals surface area (Å²) in [6, 6.07) is 25.2. The molecule has 12 nitrogen and oxygen atoms in total. The maximum atomic E-state index is 6.55. The predicted molar refractivity (Wildman–Crippen MR) is 252 cm³/mol. The van der Waals surface area contributed by atoms with E-state index in [9.17, 15) is 0 Å². The van der Waals surface area contributed by atoms with Crippen LogP contribution >= 0.6 is 0 Å². The molecule has 0 amide bonds. The smallest absolute Gasteiger partial charge is 0.161 e. The van der Waals surface area contributed by atoms with E-state index in [-0.39, 0.29) is 26.4 Å². The highest BCUT2D eigenvalue weighted by atomic mass is 16.6. The van der Waals surface area contributed by atoms with Gasteiger partial charge in [0.15, 0.2) is 69.0 Å². The third-order valence-electron chi connectivity index (χ3n) is 13.2. The summed E-state index contributed by atoms with van der Waals surface area (Å²) in [5, 5.41) is 0. The van der Waals surface area contributed by atoms with Crippen LogP contribution in [0.15, 0.2) is 72.8 Å². The number of ether oxygens (including phenoxy) is 12. The van der Waals surface area contributed by atoms with Crippen molar-refractivity contribution in [2.45, 2.75) is 44.9 Å². The second-order valence-corrected chi connectivity index (χ2v) is 17.1. The van der Waals surface area contributed by atoms with Crippen molar-refractivity contribution in [1.82, 2.24) is 0 Å². The van der Waals surface area contributed by atoms with Crippen molar-refractivity contribution in [2.75, 3.05) is 82.3 Å². The Morgan fingerprint density at radius 3 is 0.582 bits per heavy atom. The summed E-state index contributed by atoms with van der Waals surface area (Å²) < 4.78 is 75.4. The largest absolute Gasteiger partial charge is 0.493 e. The van der Waals surface area contributed by atoms with Crippen LogP contribution in [0.4, 0.5) is 0 Å². The van der Waals surface area contributed by atoms with Crippen LogP contribution < -0.4 is 56.8 Å². The van der Waals surface area contributed by atoms with Crippen LogP contribution in [0.2, 0.25) is 0 Å². The molecule has 20 rings (SSSR count). The first-order valence-corrected chi connectivity index (χ1v) is 22.8. The molecule has 2 aliphatic carbocycles. The molecule has 0 radical (unpaired) electrons. The molecule has 67 heavy (non-hydrogen) atoms. The minimum Gasteiger partial charge on any atom is -0.493 e. The van der Waals surface area contributed by atoms with Crippen LogP contribution in [-0.4, -0.2) is 82.3 Å². The van der Waals surface area contributed by atoms with Gasteiger partial charge in [-0.05, 0) is 178 Å². The summed E-state index contributed by atoms with van der Waals surface area (Å²) in [5.74, 6) is 7.66. The van der Waals surface area contributed by atoms with Crippen molar-refractivity contribution in [3.05, 3.63) is 140 Å². The monoisotopic (exact) mass is 908 g/mol. The van der Waals surface area contributed by atoms with Gasteiger partial charge in [0.25, 0.3) is 0 Å². The summed E-state index contributed by atoms with van der Waals surface area (Å²) >= 11 is 0. The molecule has 6 aromatic rings. The van der Waals surface area contributed by atoms with Crippen LogP contribution in [-0.2, 0) is 38.5 Å². The molecule has 14 aliphatic rings. The molecule has 12 heteroatoms. The van der Waals surface area contributed by atoms with Gasteiger partial charge in [-0.25, -0.2) is 0 Å². The average Bonchev–Trinajstić information content (AvgIpc) is 3.43. The van der Waals surface area contributed by atoms with E-state index >= 15 is 0 Å². The van der Waals surface area contributed by atoms with Gasteiger partial charge in [-0.15, -0.1) is 0 Å². The third-order valence-corrected chi connectivity index (χ3v) is 13.2. The highest BCUT2D eigenvalue weighted by molar-refractivity contribution is 5.60. The second-order valence-electron chi connectivity index (χ2n) is 17.1. The lowest BCUT2D eigenvalue weighted by Gasteiger charge is -2.20. The molecule has 0 aromatic heterocycles. The summed E-state index contributed by atoms with van der Waals surface area (Å²) in [6.45, 7) is 1.82. The molecule has 0 N–H and O–H groups in total. The van der Waals surface area contributed by atoms with E-state index in [1.165, 1.54) is 0 Å². The maximum absolute atomic E-state index is 6.55. The fourth-order valence-electron chi connectivity index (χ4n) is 9.73. The second kappa shape index (κ2) is 19.0. The number of hydrogen-bond acceptors (Lipinski definition) is 12. The standard InChI is InChI=1S/C55H56O12/c1-56-44-20-32-16-40-28-52-48(60-5)24-36(40)18-42-30-54-46(58-3)22-34(42)14-38(32)26-50(44)62-8-7-9-63-51-27-39-15-35-23-47(59-4)55(67-12-10-64-52)31-43(35)19-37-25-49(61-6)53(65-11-13-66-54)29-41(37)17-33(39)21-45(51)57-2/h20-31H,7-19H2,1-6H3. The van der Waals surface area contributed by atoms with Gasteiger partial charge >= 0.3 is 0 Å². The fraction of sp³-hybridized carbons (Fsp3) is 0.345. The zero-order valence-corrected chi connectivity index (χ0v) is 39.0. The van der Waals surface area contributed by atoms with E-state index in [0.717, 1.165) is 66.8 Å². The van der Waals surface area contributed by atoms with Crippen molar-refractivity contribution >= 4 is 0 Å². The molecule has 0 atom stereocenters. The molecule has 0 saturated heterocycles. The van der Waals surface area contributed by atoms with Gasteiger partial charge in [-0.1, -0.05) is 0 Å². The summed E-state index contributed by atoms with van der Waals surface area (Å²) in [6.07, 6.45) is 4.27. The Morgan fingerprint density at radius 2 is 0.403 bits per heavy atom. The molecule has 0 spiro atoms. The van der Waals surface area contributed by atoms with Crippen LogP contribution in [0.5, 0.6) is 69.0 Å². The molecule has 0 fully saturated rings. The van der Waals surface area contributed by atoms with Gasteiger partial charge in [0.2, 0.25) is 0 Å². The van der Waals surface area contributed by atoms with Crippen molar-refractivity contribution in [3.63, 3.8) is 0 Å². The quantitative estimate of drug-likeness (QED) is 0.159. The van der Waals surface area contributed by atoms with Gasteiger partial charge in [0.1, 0.15) is 26.4 Å². The summed E-state index contributed by atoms with van der Waals surface area (Å²) in [4.78, 5) is 0. The lowest BCUT2D eigenvalue weighted by atomic mass is 9.94. The lowest BCUT2D eigenvalue weighted by molar-refractivity contribution is 0.205. The Hall–Kier alpha value is -7.08. The van der Waals surface area contributed by atoms with Crippen molar-refractivity contribution in [1.29, 1.82) is 0 Å². The minimum atomic E-state index is 0.255. The number of methoxy groups -OCH3 is 6. The molecular formula is C55H56O12. The van der Waals surface area contributed by atoms with Crippen molar-refractivity contribution in [2.24, 2.45) is 0 Å². The Labute approximate surface area is 391 Å². The van der Waals surface area contributed by atoms with E-state index in [0.29, 0.717) is 127 Å². The van der Waals surface area contributed by atoms with E-state index in [1.54, 1.807) is 42.7 Å². The van der Waals surface area contributed by atoms with E-state index < -0.39 is 0 Å². The van der Waals surface area contributed by atoms with Crippen molar-refractivity contribution < 1.29 is 56.8 Å². The molecule has 18 bridgehead atoms. The van der Waals surface area contributed by atoms with Crippen molar-refractivity contribution in [3.8, 4) is 69.0 Å². The third kappa shape index (κ3) is 8.84. The Bertz CT molecular complexity index is 2630. The summed E-state index contributed by atoms with van der Waals surface area (Å²) in [7, 11) is 10.1. The van der Waals surface area contributed by atoms with Crippen LogP contribution in [0.3, 0.4) is 0 Å². The molecule has 12 heterocycles. The molecule has 0 unspecified atom stereocenters. The number of hydrogen-bond donors (Lipinski definition) is 0. The first-order valence-electron chi connectivity index (χ1n) is 22.8. The predicted octanol–water partition coefficient (Wildman–Crippen LogP) is 9.30. The summed E-state index contributed by atoms with van der Waals surface area (Å²) in [5.41, 5.74) is 13.1. The minimum absolute atomic E-state index is 0.255. The molecule has 0 saturated carbocycles. The van der Waals surface area contributed by atoms with Gasteiger partial charge in [0, 0.05) is 6.42 Å². The van der Waals surface area contributed by atoms with Crippen LogP contribution in [0.1, 0.15) is 73.2 Å². The molecular weight excluding hydrogens is 853 g/mol. The average molecular weight is 909 g/mol. The Kier molecular flexibility index (Phi) is 12.4. The number of rotatable bonds is 6. The fourth-order valence-corrected chi connectivity index (χ4v) is 9.73. The van der Waals surface area contributed by atoms with E-state index in [4.69, 9.17) is 56.8 Å².